The molecule has 2 saturated heterocycles. The second kappa shape index (κ2) is 7.14. The molecule has 132 valence electrons. The normalized spacial score (nSPS) is 24.2. The molecule has 2 unspecified atom stereocenters. The van der Waals surface area contributed by atoms with Crippen molar-refractivity contribution >= 4 is 6.09 Å². The van der Waals surface area contributed by atoms with Crippen LogP contribution in [0.3, 0.4) is 0 Å². The fourth-order valence-electron chi connectivity index (χ4n) is 3.94. The van der Waals surface area contributed by atoms with Crippen LogP contribution in [0.25, 0.3) is 0 Å². The van der Waals surface area contributed by atoms with Crippen molar-refractivity contribution in [1.82, 2.24) is 9.80 Å². The summed E-state index contributed by atoms with van der Waals surface area (Å²) in [5.41, 5.74) is 0.997. The average Bonchev–Trinajstić information content (AvgIpc) is 2.78. The average molecular weight is 330 g/mol. The highest BCUT2D eigenvalue weighted by Gasteiger charge is 2.43. The number of hydrogen-bond donors (Lipinski definition) is 0. The molecule has 2 fully saturated rings. The molecule has 2 heterocycles. The van der Waals surface area contributed by atoms with Gasteiger partial charge in [0.2, 0.25) is 0 Å². The van der Waals surface area contributed by atoms with Crippen molar-refractivity contribution in [2.24, 2.45) is 0 Å². The van der Waals surface area contributed by atoms with Crippen LogP contribution in [0, 0.1) is 0 Å². The van der Waals surface area contributed by atoms with E-state index in [1.54, 1.807) is 0 Å². The number of fused-ring (bicyclic) bond motifs is 2. The first-order valence-electron chi connectivity index (χ1n) is 9.20. The van der Waals surface area contributed by atoms with E-state index in [1.807, 2.05) is 25.7 Å². The summed E-state index contributed by atoms with van der Waals surface area (Å²) >= 11 is 0. The van der Waals surface area contributed by atoms with Crippen molar-refractivity contribution in [1.29, 1.82) is 0 Å². The molecule has 0 aromatic heterocycles. The Hall–Kier alpha value is -1.55. The summed E-state index contributed by atoms with van der Waals surface area (Å²) in [7, 11) is 0. The Morgan fingerprint density at radius 1 is 1.12 bits per heavy atom. The summed E-state index contributed by atoms with van der Waals surface area (Å²) in [6.07, 6.45) is 4.40. The molecule has 2 atom stereocenters. The lowest BCUT2D eigenvalue weighted by Crippen LogP contribution is -2.56. The standard InChI is InChI=1S/C20H30N2O2/c1-20(2,3)24-19(23)22-17-11-12-18(22)15-21(14-17)13-7-10-16-8-5-4-6-9-16/h4-6,8-9,17-18H,7,10-15H2,1-3H3. The SMILES string of the molecule is CC(C)(C)OC(=O)N1C2CCC1CN(CCCc1ccccc1)C2. The van der Waals surface area contributed by atoms with Gasteiger partial charge in [0.1, 0.15) is 5.60 Å². The zero-order valence-corrected chi connectivity index (χ0v) is 15.2. The number of piperazine rings is 1. The highest BCUT2D eigenvalue weighted by atomic mass is 16.6. The topological polar surface area (TPSA) is 32.8 Å². The molecule has 24 heavy (non-hydrogen) atoms. The molecule has 0 aliphatic carbocycles. The maximum atomic E-state index is 12.5. The molecular weight excluding hydrogens is 300 g/mol. The maximum Gasteiger partial charge on any atom is 0.410 e. The minimum atomic E-state index is -0.413. The van der Waals surface area contributed by atoms with Gasteiger partial charge in [-0.15, -0.1) is 0 Å². The van der Waals surface area contributed by atoms with Gasteiger partial charge in [-0.25, -0.2) is 4.79 Å². The molecule has 1 aromatic carbocycles. The molecule has 2 aliphatic heterocycles. The summed E-state index contributed by atoms with van der Waals surface area (Å²) in [6.45, 7) is 8.91. The maximum absolute atomic E-state index is 12.5. The zero-order chi connectivity index (χ0) is 17.2. The number of likely N-dealkylation sites (tertiary alicyclic amines) is 1. The van der Waals surface area contributed by atoms with Gasteiger partial charge < -0.3 is 4.74 Å². The van der Waals surface area contributed by atoms with Crippen LogP contribution in [-0.2, 0) is 11.2 Å². The van der Waals surface area contributed by atoms with Crippen LogP contribution in [0.4, 0.5) is 4.79 Å². The van der Waals surface area contributed by atoms with Crippen molar-refractivity contribution in [3.8, 4) is 0 Å². The summed E-state index contributed by atoms with van der Waals surface area (Å²) in [4.78, 5) is 17.0. The number of carbonyl (C=O) groups is 1. The zero-order valence-electron chi connectivity index (χ0n) is 15.2. The Labute approximate surface area is 145 Å². The number of nitrogens with zero attached hydrogens (tertiary/aromatic N) is 2. The van der Waals surface area contributed by atoms with Gasteiger partial charge in [0.25, 0.3) is 0 Å². The van der Waals surface area contributed by atoms with E-state index in [0.717, 1.165) is 38.9 Å². The van der Waals surface area contributed by atoms with Crippen LogP contribution < -0.4 is 0 Å². The molecule has 0 saturated carbocycles. The van der Waals surface area contributed by atoms with Crippen molar-refractivity contribution < 1.29 is 9.53 Å². The van der Waals surface area contributed by atoms with E-state index in [0.29, 0.717) is 12.1 Å². The summed E-state index contributed by atoms with van der Waals surface area (Å²) in [5, 5.41) is 0. The summed E-state index contributed by atoms with van der Waals surface area (Å²) in [5.74, 6) is 0. The van der Waals surface area contributed by atoms with Crippen LogP contribution in [0.1, 0.15) is 45.6 Å². The molecule has 0 radical (unpaired) electrons. The lowest BCUT2D eigenvalue weighted by Gasteiger charge is -2.41. The molecule has 2 aliphatic rings. The lowest BCUT2D eigenvalue weighted by atomic mass is 10.1. The fourth-order valence-corrected chi connectivity index (χ4v) is 3.94. The van der Waals surface area contributed by atoms with E-state index in [4.69, 9.17) is 4.74 Å². The van der Waals surface area contributed by atoms with Crippen molar-refractivity contribution in [2.75, 3.05) is 19.6 Å². The number of ether oxygens (including phenoxy) is 1. The summed E-state index contributed by atoms with van der Waals surface area (Å²) in [6, 6.07) is 11.3. The summed E-state index contributed by atoms with van der Waals surface area (Å²) < 4.78 is 5.60. The van der Waals surface area contributed by atoms with Crippen molar-refractivity contribution in [2.45, 2.75) is 64.1 Å². The highest BCUT2D eigenvalue weighted by molar-refractivity contribution is 5.69. The molecular formula is C20H30N2O2. The van der Waals surface area contributed by atoms with Gasteiger partial charge in [0.15, 0.2) is 0 Å². The minimum Gasteiger partial charge on any atom is -0.444 e. The molecule has 1 aromatic rings. The monoisotopic (exact) mass is 330 g/mol. The molecule has 4 nitrogen and oxygen atoms in total. The van der Waals surface area contributed by atoms with Crippen molar-refractivity contribution in [3.05, 3.63) is 35.9 Å². The van der Waals surface area contributed by atoms with Crippen LogP contribution in [0.5, 0.6) is 0 Å². The largest absolute Gasteiger partial charge is 0.444 e. The molecule has 0 spiro atoms. The highest BCUT2D eigenvalue weighted by Crippen LogP contribution is 2.31. The van der Waals surface area contributed by atoms with Crippen molar-refractivity contribution in [3.63, 3.8) is 0 Å². The van der Waals surface area contributed by atoms with Gasteiger partial charge in [-0.2, -0.15) is 0 Å². The number of rotatable bonds is 4. The van der Waals surface area contributed by atoms with E-state index >= 15 is 0 Å². The molecule has 4 heteroatoms. The first kappa shape index (κ1) is 17.3. The Bertz CT molecular complexity index is 539. The van der Waals surface area contributed by atoms with E-state index in [1.165, 1.54) is 12.0 Å². The third-order valence-electron chi connectivity index (χ3n) is 4.94. The van der Waals surface area contributed by atoms with E-state index in [9.17, 15) is 4.79 Å². The Balaban J connectivity index is 1.49. The van der Waals surface area contributed by atoms with E-state index in [-0.39, 0.29) is 6.09 Å². The number of hydrogen-bond acceptors (Lipinski definition) is 3. The van der Waals surface area contributed by atoms with Gasteiger partial charge >= 0.3 is 6.09 Å². The second-order valence-corrected chi connectivity index (χ2v) is 8.12. The number of aryl methyl sites for hydroxylation is 1. The Kier molecular flexibility index (Phi) is 5.14. The third-order valence-corrected chi connectivity index (χ3v) is 4.94. The van der Waals surface area contributed by atoms with E-state index < -0.39 is 5.60 Å². The number of benzene rings is 1. The van der Waals surface area contributed by atoms with Crippen LogP contribution in [0.15, 0.2) is 30.3 Å². The number of carbonyl (C=O) groups excluding carboxylic acids is 1. The Morgan fingerprint density at radius 2 is 1.75 bits per heavy atom. The third kappa shape index (κ3) is 4.29. The molecule has 3 rings (SSSR count). The number of amides is 1. The van der Waals surface area contributed by atoms with Gasteiger partial charge in [-0.1, -0.05) is 30.3 Å². The molecule has 0 N–H and O–H groups in total. The molecule has 2 bridgehead atoms. The Morgan fingerprint density at radius 3 is 2.33 bits per heavy atom. The van der Waals surface area contributed by atoms with Gasteiger partial charge in [0.05, 0.1) is 0 Å². The first-order valence-corrected chi connectivity index (χ1v) is 9.20. The predicted octanol–water partition coefficient (Wildman–Crippen LogP) is 3.70. The second-order valence-electron chi connectivity index (χ2n) is 8.12. The predicted molar refractivity (Wildman–Crippen MR) is 96.1 cm³/mol. The fraction of sp³-hybridized carbons (Fsp3) is 0.650. The van der Waals surface area contributed by atoms with Gasteiger partial charge in [-0.05, 0) is 58.6 Å². The lowest BCUT2D eigenvalue weighted by molar-refractivity contribution is -0.00443. The minimum absolute atomic E-state index is 0.126. The van der Waals surface area contributed by atoms with Crippen LogP contribution >= 0.6 is 0 Å². The van der Waals surface area contributed by atoms with Crippen LogP contribution in [0.2, 0.25) is 0 Å². The molecule has 1 amide bonds. The van der Waals surface area contributed by atoms with E-state index in [2.05, 4.69) is 35.2 Å². The smallest absolute Gasteiger partial charge is 0.410 e. The first-order chi connectivity index (χ1) is 11.4. The van der Waals surface area contributed by atoms with Crippen LogP contribution in [-0.4, -0.2) is 53.2 Å². The quantitative estimate of drug-likeness (QED) is 0.844. The van der Waals surface area contributed by atoms with Gasteiger partial charge in [-0.3, -0.25) is 9.80 Å². The van der Waals surface area contributed by atoms with Gasteiger partial charge in [0, 0.05) is 25.2 Å².